The molecule has 0 radical (unpaired) electrons. The molecule has 29 heavy (non-hydrogen) atoms. The fourth-order valence-electron chi connectivity index (χ4n) is 2.35. The first kappa shape index (κ1) is 21.6. The Hall–Kier alpha value is -2.10. The Bertz CT molecular complexity index is 929. The largest absolute Gasteiger partial charge is 0.477 e. The molecule has 2 aromatic carbocycles. The summed E-state index contributed by atoms with van der Waals surface area (Å²) in [5.74, 6) is -0.853. The fraction of sp³-hybridized carbons (Fsp3) is 0.150. The van der Waals surface area contributed by atoms with Gasteiger partial charge in [-0.15, -0.1) is 23.5 Å². The van der Waals surface area contributed by atoms with Gasteiger partial charge in [-0.1, -0.05) is 36.0 Å². The molecule has 1 heterocycles. The Kier molecular flexibility index (Phi) is 7.51. The molecule has 4 nitrogen and oxygen atoms in total. The van der Waals surface area contributed by atoms with E-state index in [1.807, 2.05) is 6.26 Å². The van der Waals surface area contributed by atoms with Crippen molar-refractivity contribution < 1.29 is 18.7 Å². The Morgan fingerprint density at radius 1 is 0.862 bits per heavy atom. The van der Waals surface area contributed by atoms with Gasteiger partial charge in [0.15, 0.2) is 5.16 Å². The van der Waals surface area contributed by atoms with Crippen molar-refractivity contribution in [2.24, 2.45) is 0 Å². The van der Waals surface area contributed by atoms with Crippen molar-refractivity contribution in [1.29, 1.82) is 0 Å². The van der Waals surface area contributed by atoms with E-state index in [2.05, 4.69) is 9.97 Å². The molecule has 3 rings (SSSR count). The number of hydrogen-bond acceptors (Lipinski definition) is 6. The van der Waals surface area contributed by atoms with E-state index >= 15 is 0 Å². The van der Waals surface area contributed by atoms with Crippen LogP contribution in [-0.4, -0.2) is 27.3 Å². The van der Waals surface area contributed by atoms with Crippen LogP contribution >= 0.6 is 35.3 Å². The van der Waals surface area contributed by atoms with E-state index in [9.17, 15) is 18.7 Å². The zero-order valence-electron chi connectivity index (χ0n) is 15.3. The summed E-state index contributed by atoms with van der Waals surface area (Å²) in [7, 11) is 0. The highest BCUT2D eigenvalue weighted by Gasteiger charge is 2.21. The molecule has 0 saturated carbocycles. The Labute approximate surface area is 179 Å². The number of carboxylic acids is 1. The molecule has 1 N–H and O–H groups in total. The predicted molar refractivity (Wildman–Crippen MR) is 113 cm³/mol. The average Bonchev–Trinajstić information content (AvgIpc) is 2.72. The fourth-order valence-corrected chi connectivity index (χ4v) is 4.85. The second kappa shape index (κ2) is 10.1. The zero-order chi connectivity index (χ0) is 20.8. The Balaban J connectivity index is 1.86. The van der Waals surface area contributed by atoms with Gasteiger partial charge in [-0.25, -0.2) is 23.5 Å². The summed E-state index contributed by atoms with van der Waals surface area (Å²) in [6.07, 6.45) is 1.82. The highest BCUT2D eigenvalue weighted by atomic mass is 32.2. The minimum Gasteiger partial charge on any atom is -0.477 e. The number of carbonyl (C=O) groups is 1. The van der Waals surface area contributed by atoms with Gasteiger partial charge in [-0.05, 0) is 41.6 Å². The van der Waals surface area contributed by atoms with Crippen LogP contribution in [0.2, 0.25) is 0 Å². The van der Waals surface area contributed by atoms with Gasteiger partial charge in [0.25, 0.3) is 0 Å². The van der Waals surface area contributed by atoms with Crippen molar-refractivity contribution >= 4 is 41.3 Å². The normalized spacial score (nSPS) is 10.9. The number of benzene rings is 2. The van der Waals surface area contributed by atoms with Gasteiger partial charge in [0.05, 0.1) is 0 Å². The van der Waals surface area contributed by atoms with Gasteiger partial charge in [-0.2, -0.15) is 0 Å². The number of hydrogen-bond donors (Lipinski definition) is 1. The first-order valence-corrected chi connectivity index (χ1v) is 11.6. The quantitative estimate of drug-likeness (QED) is 0.266. The van der Waals surface area contributed by atoms with Crippen molar-refractivity contribution in [3.8, 4) is 0 Å². The van der Waals surface area contributed by atoms with E-state index in [0.29, 0.717) is 26.7 Å². The van der Waals surface area contributed by atoms with Crippen molar-refractivity contribution in [2.45, 2.75) is 26.7 Å². The third-order valence-corrected chi connectivity index (χ3v) is 6.44. The third-order valence-electron chi connectivity index (χ3n) is 3.80. The number of nitrogens with zero attached hydrogens (tertiary/aromatic N) is 2. The van der Waals surface area contributed by atoms with Gasteiger partial charge >= 0.3 is 5.97 Å². The van der Waals surface area contributed by atoms with E-state index in [1.165, 1.54) is 59.6 Å². The predicted octanol–water partition coefficient (Wildman–Crippen LogP) is 5.76. The summed E-state index contributed by atoms with van der Waals surface area (Å²) in [5.41, 5.74) is 1.76. The minimum atomic E-state index is -1.11. The van der Waals surface area contributed by atoms with Crippen LogP contribution in [0.1, 0.15) is 21.5 Å². The SMILES string of the molecule is CSc1nc(SCc2ccc(F)cc2)c(C(=O)O)c(SCc2ccc(F)cc2)n1. The second-order valence-corrected chi connectivity index (χ2v) is 8.53. The number of aromatic nitrogens is 2. The third kappa shape index (κ3) is 5.94. The van der Waals surface area contributed by atoms with Crippen LogP contribution in [0, 0.1) is 11.6 Å². The molecule has 0 fully saturated rings. The molecule has 0 amide bonds. The molecular formula is C20H16F2N2O2S3. The summed E-state index contributed by atoms with van der Waals surface area (Å²) in [4.78, 5) is 20.7. The lowest BCUT2D eigenvalue weighted by Gasteiger charge is -2.11. The lowest BCUT2D eigenvalue weighted by molar-refractivity contribution is 0.0686. The van der Waals surface area contributed by atoms with Gasteiger partial charge in [0.2, 0.25) is 0 Å². The van der Waals surface area contributed by atoms with Crippen molar-refractivity contribution in [1.82, 2.24) is 9.97 Å². The molecule has 1 aromatic heterocycles. The first-order valence-electron chi connectivity index (χ1n) is 8.40. The summed E-state index contributed by atoms with van der Waals surface area (Å²) >= 11 is 3.87. The van der Waals surface area contributed by atoms with Crippen LogP contribution in [0.15, 0.2) is 63.7 Å². The van der Waals surface area contributed by atoms with Crippen LogP contribution in [0.5, 0.6) is 0 Å². The molecular weight excluding hydrogens is 434 g/mol. The molecule has 0 aliphatic rings. The monoisotopic (exact) mass is 450 g/mol. The smallest absolute Gasteiger partial charge is 0.341 e. The summed E-state index contributed by atoms with van der Waals surface area (Å²) < 4.78 is 26.2. The average molecular weight is 451 g/mol. The van der Waals surface area contributed by atoms with Crippen molar-refractivity contribution in [2.75, 3.05) is 6.26 Å². The standard InChI is InChI=1S/C20H16F2N2O2S3/c1-27-20-23-17(28-10-12-2-6-14(21)7-3-12)16(19(25)26)18(24-20)29-11-13-4-8-15(22)9-5-13/h2-9H,10-11H2,1H3,(H,25,26). The summed E-state index contributed by atoms with van der Waals surface area (Å²) in [5, 5.41) is 11.0. The number of aromatic carboxylic acids is 1. The zero-order valence-corrected chi connectivity index (χ0v) is 17.7. The van der Waals surface area contributed by atoms with Gasteiger partial charge in [0, 0.05) is 11.5 Å². The lowest BCUT2D eigenvalue weighted by atomic mass is 10.2. The molecule has 150 valence electrons. The Morgan fingerprint density at radius 2 is 1.28 bits per heavy atom. The molecule has 0 spiro atoms. The second-order valence-electron chi connectivity index (χ2n) is 5.83. The van der Waals surface area contributed by atoms with Crippen LogP contribution in [-0.2, 0) is 11.5 Å². The number of carboxylic acid groups (broad SMARTS) is 1. The molecule has 0 bridgehead atoms. The van der Waals surface area contributed by atoms with E-state index in [-0.39, 0.29) is 17.2 Å². The lowest BCUT2D eigenvalue weighted by Crippen LogP contribution is -2.07. The van der Waals surface area contributed by atoms with Crippen LogP contribution in [0.25, 0.3) is 0 Å². The van der Waals surface area contributed by atoms with E-state index < -0.39 is 5.97 Å². The highest BCUT2D eigenvalue weighted by molar-refractivity contribution is 7.99. The van der Waals surface area contributed by atoms with Crippen LogP contribution in [0.4, 0.5) is 8.78 Å². The molecule has 0 atom stereocenters. The topological polar surface area (TPSA) is 63.1 Å². The number of rotatable bonds is 8. The van der Waals surface area contributed by atoms with E-state index in [1.54, 1.807) is 24.3 Å². The van der Waals surface area contributed by atoms with Crippen molar-refractivity contribution in [3.63, 3.8) is 0 Å². The van der Waals surface area contributed by atoms with E-state index in [0.717, 1.165) is 11.1 Å². The number of thioether (sulfide) groups is 3. The molecule has 9 heteroatoms. The minimum absolute atomic E-state index is 0.0435. The molecule has 0 aliphatic heterocycles. The molecule has 0 unspecified atom stereocenters. The summed E-state index contributed by atoms with van der Waals surface area (Å²) in [6.45, 7) is 0. The first-order chi connectivity index (χ1) is 14.0. The van der Waals surface area contributed by atoms with Gasteiger partial charge < -0.3 is 5.11 Å². The van der Waals surface area contributed by atoms with Crippen molar-refractivity contribution in [3.05, 3.63) is 76.9 Å². The molecule has 3 aromatic rings. The van der Waals surface area contributed by atoms with E-state index in [4.69, 9.17) is 0 Å². The van der Waals surface area contributed by atoms with Gasteiger partial charge in [0.1, 0.15) is 27.2 Å². The maximum absolute atomic E-state index is 13.1. The number of halogens is 2. The van der Waals surface area contributed by atoms with Gasteiger partial charge in [-0.3, -0.25) is 0 Å². The summed E-state index contributed by atoms with van der Waals surface area (Å²) in [6, 6.07) is 12.1. The Morgan fingerprint density at radius 3 is 1.62 bits per heavy atom. The maximum Gasteiger partial charge on any atom is 0.341 e. The maximum atomic E-state index is 13.1. The van der Waals surface area contributed by atoms with Crippen LogP contribution in [0.3, 0.4) is 0 Å². The highest BCUT2D eigenvalue weighted by Crippen LogP contribution is 2.34. The molecule has 0 saturated heterocycles. The molecule has 0 aliphatic carbocycles. The van der Waals surface area contributed by atoms with Crippen LogP contribution < -0.4 is 0 Å².